The highest BCUT2D eigenvalue weighted by molar-refractivity contribution is 5.31. The van der Waals surface area contributed by atoms with Gasteiger partial charge >= 0.3 is 0 Å². The van der Waals surface area contributed by atoms with Crippen LogP contribution in [-0.2, 0) is 6.42 Å². The van der Waals surface area contributed by atoms with Gasteiger partial charge < -0.3 is 4.74 Å². The van der Waals surface area contributed by atoms with Gasteiger partial charge in [-0.05, 0) is 80.8 Å². The van der Waals surface area contributed by atoms with Gasteiger partial charge in [0.2, 0.25) is 5.82 Å². The topological polar surface area (TPSA) is 9.23 Å². The summed E-state index contributed by atoms with van der Waals surface area (Å²) in [5, 5.41) is 0. The van der Waals surface area contributed by atoms with Gasteiger partial charge in [-0.25, -0.2) is 4.39 Å². The third-order valence-electron chi connectivity index (χ3n) is 7.28. The van der Waals surface area contributed by atoms with E-state index in [0.717, 1.165) is 24.2 Å². The maximum atomic E-state index is 14.3. The summed E-state index contributed by atoms with van der Waals surface area (Å²) in [5.41, 5.74) is 0.496. The molecular weight excluding hydrogens is 342 g/mol. The van der Waals surface area contributed by atoms with E-state index in [1.807, 2.05) is 0 Å². The second-order valence-electron chi connectivity index (χ2n) is 8.79. The Labute approximate surface area is 163 Å². The Balaban J connectivity index is 1.44. The molecule has 0 unspecified atom stereocenters. The molecule has 0 saturated heterocycles. The molecular formula is C24H36F2O. The quantitative estimate of drug-likeness (QED) is 0.483. The first kappa shape index (κ1) is 20.6. The molecule has 27 heavy (non-hydrogen) atoms. The van der Waals surface area contributed by atoms with Crippen LogP contribution in [0.3, 0.4) is 0 Å². The van der Waals surface area contributed by atoms with Crippen LogP contribution in [0.4, 0.5) is 8.78 Å². The van der Waals surface area contributed by atoms with Gasteiger partial charge in [0.05, 0.1) is 6.61 Å². The third kappa shape index (κ3) is 5.23. The van der Waals surface area contributed by atoms with E-state index in [1.165, 1.54) is 57.8 Å². The van der Waals surface area contributed by atoms with E-state index >= 15 is 0 Å². The number of benzene rings is 1. The lowest BCUT2D eigenvalue weighted by molar-refractivity contribution is 0.142. The molecule has 0 heterocycles. The molecule has 0 bridgehead atoms. The van der Waals surface area contributed by atoms with Crippen LogP contribution in [0.25, 0.3) is 0 Å². The summed E-state index contributed by atoms with van der Waals surface area (Å²) >= 11 is 0. The van der Waals surface area contributed by atoms with Crippen LogP contribution in [0.15, 0.2) is 12.1 Å². The van der Waals surface area contributed by atoms with Gasteiger partial charge in [-0.1, -0.05) is 45.1 Å². The molecule has 3 heteroatoms. The first-order valence-electron chi connectivity index (χ1n) is 11.2. The number of ether oxygens (including phenoxy) is 1. The predicted octanol–water partition coefficient (Wildman–Crippen LogP) is 7.32. The second-order valence-corrected chi connectivity index (χ2v) is 8.79. The molecule has 1 nitrogen and oxygen atoms in total. The molecule has 0 amide bonds. The zero-order valence-corrected chi connectivity index (χ0v) is 17.1. The lowest BCUT2D eigenvalue weighted by atomic mass is 9.68. The fourth-order valence-electron chi connectivity index (χ4n) is 5.41. The lowest BCUT2D eigenvalue weighted by Gasteiger charge is -2.37. The van der Waals surface area contributed by atoms with Gasteiger partial charge in [0, 0.05) is 0 Å². The molecule has 0 aliphatic heterocycles. The lowest BCUT2D eigenvalue weighted by Crippen LogP contribution is -2.25. The Hall–Kier alpha value is -1.12. The Kier molecular flexibility index (Phi) is 7.55. The summed E-state index contributed by atoms with van der Waals surface area (Å²) < 4.78 is 33.4. The molecule has 1 aromatic rings. The SMILES string of the molecule is CCOc1ccc(CCC2CCC(C3CCC(CC)CC3)CC2)c(F)c1F. The molecule has 2 saturated carbocycles. The van der Waals surface area contributed by atoms with Gasteiger partial charge in [-0.15, -0.1) is 0 Å². The van der Waals surface area contributed by atoms with Crippen LogP contribution in [0.2, 0.25) is 0 Å². The Morgan fingerprint density at radius 1 is 0.815 bits per heavy atom. The highest BCUT2D eigenvalue weighted by Gasteiger charge is 2.30. The average Bonchev–Trinajstić information content (AvgIpc) is 2.71. The molecule has 2 aliphatic carbocycles. The van der Waals surface area contributed by atoms with Gasteiger partial charge in [0.15, 0.2) is 11.6 Å². The van der Waals surface area contributed by atoms with Crippen molar-refractivity contribution in [2.45, 2.75) is 84.5 Å². The van der Waals surface area contributed by atoms with E-state index in [4.69, 9.17) is 4.74 Å². The summed E-state index contributed by atoms with van der Waals surface area (Å²) in [6, 6.07) is 3.27. The highest BCUT2D eigenvalue weighted by Crippen LogP contribution is 2.42. The molecule has 0 radical (unpaired) electrons. The molecule has 0 spiro atoms. The van der Waals surface area contributed by atoms with Crippen molar-refractivity contribution in [1.82, 2.24) is 0 Å². The van der Waals surface area contributed by atoms with Gasteiger partial charge in [0.25, 0.3) is 0 Å². The zero-order chi connectivity index (χ0) is 19.2. The number of aryl methyl sites for hydroxylation is 1. The van der Waals surface area contributed by atoms with E-state index in [1.54, 1.807) is 19.1 Å². The van der Waals surface area contributed by atoms with Crippen LogP contribution in [0.5, 0.6) is 5.75 Å². The Morgan fingerprint density at radius 3 is 1.96 bits per heavy atom. The largest absolute Gasteiger partial charge is 0.491 e. The minimum atomic E-state index is -0.833. The number of halogens is 2. The summed E-state index contributed by atoms with van der Waals surface area (Å²) in [4.78, 5) is 0. The van der Waals surface area contributed by atoms with E-state index in [-0.39, 0.29) is 5.75 Å². The summed E-state index contributed by atoms with van der Waals surface area (Å²) in [6.07, 6.45) is 13.9. The standard InChI is InChI=1S/C24H36F2O/c1-3-17-5-10-19(11-6-17)20-12-7-18(8-13-20)9-14-21-15-16-22(27-4-2)24(26)23(21)25/h15-20H,3-14H2,1-2H3. The zero-order valence-electron chi connectivity index (χ0n) is 17.1. The number of hydrogen-bond donors (Lipinski definition) is 0. The van der Waals surface area contributed by atoms with E-state index in [9.17, 15) is 8.78 Å². The number of rotatable bonds is 7. The van der Waals surface area contributed by atoms with Crippen LogP contribution in [0.1, 0.15) is 83.6 Å². The highest BCUT2D eigenvalue weighted by atomic mass is 19.2. The van der Waals surface area contributed by atoms with Crippen molar-refractivity contribution in [3.8, 4) is 5.75 Å². The maximum absolute atomic E-state index is 14.3. The van der Waals surface area contributed by atoms with Gasteiger partial charge in [0.1, 0.15) is 0 Å². The maximum Gasteiger partial charge on any atom is 0.200 e. The normalized spacial score (nSPS) is 28.9. The molecule has 0 N–H and O–H groups in total. The molecule has 3 rings (SSSR count). The summed E-state index contributed by atoms with van der Waals surface area (Å²) in [6.45, 7) is 4.45. The Bertz CT molecular complexity index is 584. The van der Waals surface area contributed by atoms with Crippen molar-refractivity contribution >= 4 is 0 Å². The summed E-state index contributed by atoms with van der Waals surface area (Å²) in [5.74, 6) is 1.98. The van der Waals surface area contributed by atoms with Crippen molar-refractivity contribution in [2.75, 3.05) is 6.61 Å². The van der Waals surface area contributed by atoms with Gasteiger partial charge in [-0.3, -0.25) is 0 Å². The van der Waals surface area contributed by atoms with E-state index < -0.39 is 11.6 Å². The fraction of sp³-hybridized carbons (Fsp3) is 0.750. The minimum Gasteiger partial charge on any atom is -0.491 e. The van der Waals surface area contributed by atoms with E-state index in [2.05, 4.69) is 6.92 Å². The van der Waals surface area contributed by atoms with Crippen molar-refractivity contribution < 1.29 is 13.5 Å². The van der Waals surface area contributed by atoms with E-state index in [0.29, 0.717) is 24.5 Å². The van der Waals surface area contributed by atoms with Crippen molar-refractivity contribution in [1.29, 1.82) is 0 Å². The molecule has 2 fully saturated rings. The van der Waals surface area contributed by atoms with Gasteiger partial charge in [-0.2, -0.15) is 4.39 Å². The van der Waals surface area contributed by atoms with Crippen LogP contribution in [-0.4, -0.2) is 6.61 Å². The molecule has 2 aliphatic rings. The first-order valence-corrected chi connectivity index (χ1v) is 11.2. The first-order chi connectivity index (χ1) is 13.1. The molecule has 152 valence electrons. The molecule has 0 aromatic heterocycles. The van der Waals surface area contributed by atoms with Crippen molar-refractivity contribution in [3.05, 3.63) is 29.3 Å². The monoisotopic (exact) mass is 378 g/mol. The van der Waals surface area contributed by atoms with Crippen LogP contribution in [0, 0.1) is 35.3 Å². The van der Waals surface area contributed by atoms with Crippen molar-refractivity contribution in [3.63, 3.8) is 0 Å². The molecule has 1 aromatic carbocycles. The smallest absolute Gasteiger partial charge is 0.200 e. The number of hydrogen-bond acceptors (Lipinski definition) is 1. The predicted molar refractivity (Wildman–Crippen MR) is 107 cm³/mol. The fourth-order valence-corrected chi connectivity index (χ4v) is 5.41. The minimum absolute atomic E-state index is 0.0250. The van der Waals surface area contributed by atoms with Crippen LogP contribution < -0.4 is 4.74 Å². The Morgan fingerprint density at radius 2 is 1.41 bits per heavy atom. The summed E-state index contributed by atoms with van der Waals surface area (Å²) in [7, 11) is 0. The average molecular weight is 379 g/mol. The third-order valence-corrected chi connectivity index (χ3v) is 7.28. The molecule has 0 atom stereocenters. The van der Waals surface area contributed by atoms with Crippen LogP contribution >= 0.6 is 0 Å². The second kappa shape index (κ2) is 9.89. The van der Waals surface area contributed by atoms with Crippen molar-refractivity contribution in [2.24, 2.45) is 23.7 Å².